The molecule has 0 radical (unpaired) electrons. The summed E-state index contributed by atoms with van der Waals surface area (Å²) < 4.78 is 11.0. The molecule has 1 saturated heterocycles. The van der Waals surface area contributed by atoms with Crippen molar-refractivity contribution in [3.63, 3.8) is 0 Å². The number of benzene rings is 2. The van der Waals surface area contributed by atoms with E-state index in [-0.39, 0.29) is 29.0 Å². The smallest absolute Gasteiger partial charge is 0.411 e. The van der Waals surface area contributed by atoms with Gasteiger partial charge >= 0.3 is 6.09 Å². The van der Waals surface area contributed by atoms with Gasteiger partial charge in [-0.3, -0.25) is 14.5 Å². The molecule has 2 unspecified atom stereocenters. The molecule has 0 aromatic heterocycles. The van der Waals surface area contributed by atoms with E-state index >= 15 is 0 Å². The van der Waals surface area contributed by atoms with Crippen LogP contribution in [0.25, 0.3) is 0 Å². The summed E-state index contributed by atoms with van der Waals surface area (Å²) in [5, 5.41) is 16.5. The molecule has 46 heavy (non-hydrogen) atoms. The number of nitrogens with zero attached hydrogens (tertiary/aromatic N) is 1. The van der Waals surface area contributed by atoms with E-state index < -0.39 is 29.7 Å². The van der Waals surface area contributed by atoms with Gasteiger partial charge in [0, 0.05) is 29.8 Å². The molecule has 2 aromatic rings. The minimum absolute atomic E-state index is 0.0739. The van der Waals surface area contributed by atoms with E-state index in [0.717, 1.165) is 22.8 Å². The predicted octanol–water partition coefficient (Wildman–Crippen LogP) is 5.89. The summed E-state index contributed by atoms with van der Waals surface area (Å²) in [4.78, 5) is 41.9. The fourth-order valence-corrected chi connectivity index (χ4v) is 8.41. The number of phenolic OH excluding ortho intramolecular Hbond substituents is 1. The molecular weight excluding hydrogens is 623 g/mol. The van der Waals surface area contributed by atoms with Crippen molar-refractivity contribution in [2.24, 2.45) is 5.92 Å². The molecule has 252 valence electrons. The lowest BCUT2D eigenvalue weighted by atomic mass is 9.91. The highest BCUT2D eigenvalue weighted by atomic mass is 32.2. The third kappa shape index (κ3) is 10.8. The number of hydrogen-bond acceptors (Lipinski definition) is 8. The topological polar surface area (TPSA) is 117 Å². The van der Waals surface area contributed by atoms with Crippen LogP contribution in [0.3, 0.4) is 0 Å². The number of nitrogens with one attached hydrogen (secondary N) is 2. The summed E-state index contributed by atoms with van der Waals surface area (Å²) in [5.74, 6) is 2.74. The van der Waals surface area contributed by atoms with Crippen LogP contribution in [-0.2, 0) is 16.0 Å². The molecule has 3 amide bonds. The van der Waals surface area contributed by atoms with Crippen LogP contribution in [0.15, 0.2) is 48.5 Å². The Bertz CT molecular complexity index is 1300. The molecule has 2 aliphatic rings. The van der Waals surface area contributed by atoms with Crippen LogP contribution in [0.4, 0.5) is 4.79 Å². The van der Waals surface area contributed by atoms with E-state index in [0.29, 0.717) is 24.6 Å². The van der Waals surface area contributed by atoms with E-state index in [1.165, 1.54) is 43.1 Å². The molecule has 3 N–H and O–H groups in total. The van der Waals surface area contributed by atoms with Crippen LogP contribution < -0.4 is 15.4 Å². The first kappa shape index (κ1) is 35.8. The quantitative estimate of drug-likeness (QED) is 0.256. The van der Waals surface area contributed by atoms with Crippen LogP contribution in [0, 0.1) is 5.92 Å². The first-order valence-corrected chi connectivity index (χ1v) is 18.4. The highest BCUT2D eigenvalue weighted by molar-refractivity contribution is 8.00. The first-order valence-electron chi connectivity index (χ1n) is 16.2. The maximum atomic E-state index is 14.1. The van der Waals surface area contributed by atoms with Gasteiger partial charge in [0.05, 0.1) is 18.7 Å². The van der Waals surface area contributed by atoms with Crippen molar-refractivity contribution >= 4 is 41.4 Å². The number of phenols is 1. The Labute approximate surface area is 281 Å². The van der Waals surface area contributed by atoms with Gasteiger partial charge in [-0.05, 0) is 81.5 Å². The first-order chi connectivity index (χ1) is 22.0. The van der Waals surface area contributed by atoms with Crippen LogP contribution in [0.5, 0.6) is 11.5 Å². The normalized spacial score (nSPS) is 18.7. The number of aromatic hydroxyl groups is 1. The standard InChI is InChI=1S/C35H49N3O6S2/c1-35(2,3)44-34(42)38-18-19-45-23-29(38)33(41)37-28(21-36-32(40)27-12-8-9-13-30(27)39)31(46-22-25-10-6-5-7-11-25)20-24-14-16-26(43-4)17-15-24/h8-9,12-17,25,28-29,31,39H,5-7,10-11,18-23H2,1-4H3,(H,36,40)(H,37,41)/t28?,29-,31?/m0/s1. The summed E-state index contributed by atoms with van der Waals surface area (Å²) in [6.07, 6.45) is 6.32. The Kier molecular flexibility index (Phi) is 13.4. The highest BCUT2D eigenvalue weighted by Gasteiger charge is 2.37. The van der Waals surface area contributed by atoms with Gasteiger partial charge in [0.25, 0.3) is 5.91 Å². The maximum Gasteiger partial charge on any atom is 0.411 e. The lowest BCUT2D eigenvalue weighted by Crippen LogP contribution is -2.59. The van der Waals surface area contributed by atoms with E-state index in [1.807, 2.05) is 56.8 Å². The molecule has 11 heteroatoms. The summed E-state index contributed by atoms with van der Waals surface area (Å²) in [6.45, 7) is 6.02. The SMILES string of the molecule is COc1ccc(CC(SCC2CCCCC2)C(CNC(=O)c2ccccc2O)NC(=O)[C@@H]2CSCCN2C(=O)OC(C)(C)C)cc1. The summed E-state index contributed by atoms with van der Waals surface area (Å²) in [6, 6.07) is 13.2. The van der Waals surface area contributed by atoms with Gasteiger partial charge in [0.15, 0.2) is 0 Å². The number of rotatable bonds is 12. The second-order valence-corrected chi connectivity index (χ2v) is 15.5. The molecule has 2 aromatic carbocycles. The Morgan fingerprint density at radius 1 is 1.07 bits per heavy atom. The molecule has 0 spiro atoms. The molecule has 1 aliphatic heterocycles. The number of thioether (sulfide) groups is 2. The number of hydrogen-bond donors (Lipinski definition) is 3. The minimum atomic E-state index is -0.699. The Morgan fingerprint density at radius 3 is 2.46 bits per heavy atom. The van der Waals surface area contributed by atoms with Gasteiger partial charge in [0.2, 0.25) is 5.91 Å². The van der Waals surface area contributed by atoms with Crippen LogP contribution in [0.1, 0.15) is 68.8 Å². The third-order valence-corrected chi connectivity index (χ3v) is 10.9. The van der Waals surface area contributed by atoms with Crippen molar-refractivity contribution in [1.82, 2.24) is 15.5 Å². The highest BCUT2D eigenvalue weighted by Crippen LogP contribution is 2.31. The lowest BCUT2D eigenvalue weighted by Gasteiger charge is -2.37. The fourth-order valence-electron chi connectivity index (χ4n) is 5.80. The van der Waals surface area contributed by atoms with Crippen molar-refractivity contribution in [3.8, 4) is 11.5 Å². The number of methoxy groups -OCH3 is 1. The predicted molar refractivity (Wildman–Crippen MR) is 186 cm³/mol. The zero-order valence-corrected chi connectivity index (χ0v) is 29.1. The number of ether oxygens (including phenoxy) is 2. The van der Waals surface area contributed by atoms with E-state index in [2.05, 4.69) is 10.6 Å². The third-order valence-electron chi connectivity index (χ3n) is 8.33. The zero-order valence-electron chi connectivity index (χ0n) is 27.5. The van der Waals surface area contributed by atoms with Gasteiger partial charge in [0.1, 0.15) is 23.1 Å². The van der Waals surface area contributed by atoms with E-state index in [1.54, 1.807) is 37.1 Å². The minimum Gasteiger partial charge on any atom is -0.507 e. The molecule has 9 nitrogen and oxygen atoms in total. The van der Waals surface area contributed by atoms with Crippen LogP contribution >= 0.6 is 23.5 Å². The number of para-hydroxylation sites is 1. The zero-order chi connectivity index (χ0) is 33.1. The maximum absolute atomic E-state index is 14.1. The fraction of sp³-hybridized carbons (Fsp3) is 0.571. The van der Waals surface area contributed by atoms with Crippen LogP contribution in [-0.4, -0.2) is 88.3 Å². The Morgan fingerprint density at radius 2 is 1.78 bits per heavy atom. The van der Waals surface area contributed by atoms with Crippen LogP contribution in [0.2, 0.25) is 0 Å². The number of carbonyl (C=O) groups is 3. The van der Waals surface area contributed by atoms with Gasteiger partial charge in [-0.1, -0.05) is 43.5 Å². The van der Waals surface area contributed by atoms with Crippen molar-refractivity contribution < 1.29 is 29.0 Å². The van der Waals surface area contributed by atoms with E-state index in [4.69, 9.17) is 9.47 Å². The van der Waals surface area contributed by atoms with Crippen molar-refractivity contribution in [3.05, 3.63) is 59.7 Å². The lowest BCUT2D eigenvalue weighted by molar-refractivity contribution is -0.126. The second kappa shape index (κ2) is 17.2. The average Bonchev–Trinajstić information content (AvgIpc) is 3.05. The summed E-state index contributed by atoms with van der Waals surface area (Å²) in [7, 11) is 1.64. The van der Waals surface area contributed by atoms with Gasteiger partial charge in [-0.2, -0.15) is 23.5 Å². The van der Waals surface area contributed by atoms with Crippen molar-refractivity contribution in [2.45, 2.75) is 82.2 Å². The van der Waals surface area contributed by atoms with Gasteiger partial charge in [-0.15, -0.1) is 0 Å². The Hall–Kier alpha value is -3.05. The molecule has 4 rings (SSSR count). The molecule has 3 atom stereocenters. The molecule has 1 aliphatic carbocycles. The molecule has 1 heterocycles. The molecular formula is C35H49N3O6S2. The largest absolute Gasteiger partial charge is 0.507 e. The molecule has 2 fully saturated rings. The number of carbonyl (C=O) groups excluding carboxylic acids is 3. The van der Waals surface area contributed by atoms with E-state index in [9.17, 15) is 19.5 Å². The monoisotopic (exact) mass is 671 g/mol. The summed E-state index contributed by atoms with van der Waals surface area (Å²) in [5.41, 5.74) is 0.586. The second-order valence-electron chi connectivity index (χ2n) is 13.0. The molecule has 0 bridgehead atoms. The van der Waals surface area contributed by atoms with Crippen molar-refractivity contribution in [2.75, 3.05) is 37.5 Å². The van der Waals surface area contributed by atoms with Gasteiger partial charge < -0.3 is 25.2 Å². The molecule has 1 saturated carbocycles. The average molecular weight is 672 g/mol. The number of amides is 3. The Balaban J connectivity index is 1.59. The summed E-state index contributed by atoms with van der Waals surface area (Å²) >= 11 is 3.47. The van der Waals surface area contributed by atoms with Gasteiger partial charge in [-0.25, -0.2) is 4.79 Å². The van der Waals surface area contributed by atoms with Crippen molar-refractivity contribution in [1.29, 1.82) is 0 Å².